The van der Waals surface area contributed by atoms with Gasteiger partial charge in [0, 0.05) is 25.7 Å². The van der Waals surface area contributed by atoms with Gasteiger partial charge in [-0.25, -0.2) is 4.72 Å². The Bertz CT molecular complexity index is 288. The number of nitrogens with zero attached hydrogens (tertiary/aromatic N) is 1. The number of nitrogens with two attached hydrogens (primary N) is 1. The summed E-state index contributed by atoms with van der Waals surface area (Å²) in [7, 11) is -3.27. The molecule has 7 heteroatoms. The molecule has 0 saturated carbocycles. The summed E-state index contributed by atoms with van der Waals surface area (Å²) in [6.07, 6.45) is 4.87. The molecule has 104 valence electrons. The van der Waals surface area contributed by atoms with Crippen LogP contribution in [0, 0.1) is 0 Å². The van der Waals surface area contributed by atoms with Crippen molar-refractivity contribution in [2.45, 2.75) is 45.1 Å². The molecule has 1 rings (SSSR count). The van der Waals surface area contributed by atoms with Crippen molar-refractivity contribution < 1.29 is 8.42 Å². The second kappa shape index (κ2) is 8.26. The predicted octanol–water partition coefficient (Wildman–Crippen LogP) is 0.856. The maximum Gasteiger partial charge on any atom is 0.279 e. The Labute approximate surface area is 111 Å². The SMILES string of the molecule is CC(N)CCNS(=O)(=O)N1CCCCCC1.Cl. The quantitative estimate of drug-likeness (QED) is 0.786. The van der Waals surface area contributed by atoms with E-state index >= 15 is 0 Å². The highest BCUT2D eigenvalue weighted by atomic mass is 35.5. The lowest BCUT2D eigenvalue weighted by Gasteiger charge is -2.20. The summed E-state index contributed by atoms with van der Waals surface area (Å²) >= 11 is 0. The van der Waals surface area contributed by atoms with E-state index in [9.17, 15) is 8.42 Å². The van der Waals surface area contributed by atoms with E-state index in [1.54, 1.807) is 4.31 Å². The zero-order valence-corrected chi connectivity index (χ0v) is 12.0. The van der Waals surface area contributed by atoms with Crippen molar-refractivity contribution >= 4 is 22.6 Å². The van der Waals surface area contributed by atoms with Crippen molar-refractivity contribution in [3.05, 3.63) is 0 Å². The van der Waals surface area contributed by atoms with Gasteiger partial charge < -0.3 is 5.73 Å². The summed E-state index contributed by atoms with van der Waals surface area (Å²) in [5.74, 6) is 0. The van der Waals surface area contributed by atoms with Gasteiger partial charge in [-0.3, -0.25) is 0 Å². The van der Waals surface area contributed by atoms with Crippen LogP contribution in [0.25, 0.3) is 0 Å². The van der Waals surface area contributed by atoms with E-state index in [2.05, 4.69) is 4.72 Å². The van der Waals surface area contributed by atoms with Gasteiger partial charge in [0.25, 0.3) is 10.2 Å². The minimum absolute atomic E-state index is 0. The first-order valence-electron chi connectivity index (χ1n) is 6.02. The van der Waals surface area contributed by atoms with Crippen molar-refractivity contribution in [3.8, 4) is 0 Å². The van der Waals surface area contributed by atoms with Gasteiger partial charge >= 0.3 is 0 Å². The molecule has 1 heterocycles. The van der Waals surface area contributed by atoms with Gasteiger partial charge in [0.15, 0.2) is 0 Å². The summed E-state index contributed by atoms with van der Waals surface area (Å²) in [6, 6.07) is 0.0341. The van der Waals surface area contributed by atoms with Crippen LogP contribution in [0.3, 0.4) is 0 Å². The van der Waals surface area contributed by atoms with E-state index in [0.717, 1.165) is 25.7 Å². The van der Waals surface area contributed by atoms with Gasteiger partial charge in [0.05, 0.1) is 0 Å². The molecule has 0 aromatic carbocycles. The summed E-state index contributed by atoms with van der Waals surface area (Å²) in [5, 5.41) is 0. The van der Waals surface area contributed by atoms with Crippen LogP contribution in [0.1, 0.15) is 39.0 Å². The minimum Gasteiger partial charge on any atom is -0.328 e. The third-order valence-corrected chi connectivity index (χ3v) is 4.40. The summed E-state index contributed by atoms with van der Waals surface area (Å²) in [4.78, 5) is 0. The van der Waals surface area contributed by atoms with Crippen LogP contribution in [-0.2, 0) is 10.2 Å². The van der Waals surface area contributed by atoms with Crippen LogP contribution in [0.2, 0.25) is 0 Å². The molecule has 1 aliphatic heterocycles. The van der Waals surface area contributed by atoms with Crippen molar-refractivity contribution in [1.82, 2.24) is 9.03 Å². The predicted molar refractivity (Wildman–Crippen MR) is 72.5 cm³/mol. The summed E-state index contributed by atoms with van der Waals surface area (Å²) in [5.41, 5.74) is 5.58. The molecule has 1 fully saturated rings. The molecule has 1 atom stereocenters. The van der Waals surface area contributed by atoms with Gasteiger partial charge in [0.1, 0.15) is 0 Å². The Morgan fingerprint density at radius 2 is 1.76 bits per heavy atom. The summed E-state index contributed by atoms with van der Waals surface area (Å²) in [6.45, 7) is 3.59. The molecule has 5 nitrogen and oxygen atoms in total. The smallest absolute Gasteiger partial charge is 0.279 e. The van der Waals surface area contributed by atoms with Crippen LogP contribution in [0.5, 0.6) is 0 Å². The molecule has 17 heavy (non-hydrogen) atoms. The lowest BCUT2D eigenvalue weighted by molar-refractivity contribution is 0.413. The fraction of sp³-hybridized carbons (Fsp3) is 1.00. The molecule has 0 aliphatic carbocycles. The Morgan fingerprint density at radius 3 is 2.24 bits per heavy atom. The van der Waals surface area contributed by atoms with Crippen LogP contribution < -0.4 is 10.5 Å². The molecular weight excluding hydrogens is 262 g/mol. The largest absolute Gasteiger partial charge is 0.328 e. The fourth-order valence-electron chi connectivity index (χ4n) is 1.79. The average molecular weight is 286 g/mol. The first-order chi connectivity index (χ1) is 7.52. The van der Waals surface area contributed by atoms with Crippen LogP contribution >= 0.6 is 12.4 Å². The second-order valence-electron chi connectivity index (χ2n) is 4.48. The van der Waals surface area contributed by atoms with Crippen molar-refractivity contribution in [2.75, 3.05) is 19.6 Å². The standard InChI is InChI=1S/C10H23N3O2S.ClH/c1-10(11)6-7-12-16(14,15)13-8-4-2-3-5-9-13;/h10,12H,2-9,11H2,1H3;1H. The molecule has 0 radical (unpaired) electrons. The molecule has 0 amide bonds. The van der Waals surface area contributed by atoms with E-state index in [1.165, 1.54) is 0 Å². The van der Waals surface area contributed by atoms with E-state index in [0.29, 0.717) is 26.1 Å². The van der Waals surface area contributed by atoms with Crippen LogP contribution in [0.4, 0.5) is 0 Å². The number of hydrogen-bond acceptors (Lipinski definition) is 3. The first-order valence-corrected chi connectivity index (χ1v) is 7.47. The molecule has 0 bridgehead atoms. The molecule has 3 N–H and O–H groups in total. The fourth-order valence-corrected chi connectivity index (χ4v) is 3.09. The second-order valence-corrected chi connectivity index (χ2v) is 6.23. The summed E-state index contributed by atoms with van der Waals surface area (Å²) < 4.78 is 28.0. The molecular formula is C10H24ClN3O2S. The van der Waals surface area contributed by atoms with Crippen molar-refractivity contribution in [2.24, 2.45) is 5.73 Å². The van der Waals surface area contributed by atoms with Crippen LogP contribution in [0.15, 0.2) is 0 Å². The minimum atomic E-state index is -3.27. The lowest BCUT2D eigenvalue weighted by Crippen LogP contribution is -2.42. The topological polar surface area (TPSA) is 75.4 Å². The normalized spacial score (nSPS) is 20.4. The highest BCUT2D eigenvalue weighted by Crippen LogP contribution is 2.12. The van der Waals surface area contributed by atoms with E-state index in [-0.39, 0.29) is 18.4 Å². The third kappa shape index (κ3) is 6.57. The molecule has 1 aliphatic rings. The zero-order valence-electron chi connectivity index (χ0n) is 10.4. The highest BCUT2D eigenvalue weighted by Gasteiger charge is 2.21. The molecule has 0 aromatic heterocycles. The maximum atomic E-state index is 11.9. The van der Waals surface area contributed by atoms with Gasteiger partial charge in [-0.15, -0.1) is 12.4 Å². The molecule has 0 aromatic rings. The van der Waals surface area contributed by atoms with Gasteiger partial charge in [-0.1, -0.05) is 12.8 Å². The average Bonchev–Trinajstić information content (AvgIpc) is 2.44. The molecule has 0 spiro atoms. The van der Waals surface area contributed by atoms with Crippen molar-refractivity contribution in [1.29, 1.82) is 0 Å². The van der Waals surface area contributed by atoms with Crippen molar-refractivity contribution in [3.63, 3.8) is 0 Å². The molecule has 1 saturated heterocycles. The Balaban J connectivity index is 0.00000256. The molecule has 1 unspecified atom stereocenters. The van der Waals surface area contributed by atoms with E-state index in [4.69, 9.17) is 5.73 Å². The number of halogens is 1. The number of nitrogens with one attached hydrogen (secondary N) is 1. The Kier molecular flexibility index (Phi) is 8.32. The first kappa shape index (κ1) is 17.1. The monoisotopic (exact) mass is 285 g/mol. The van der Waals surface area contributed by atoms with Gasteiger partial charge in [-0.2, -0.15) is 12.7 Å². The van der Waals surface area contributed by atoms with Gasteiger partial charge in [-0.05, 0) is 26.2 Å². The number of hydrogen-bond donors (Lipinski definition) is 2. The Hall–Kier alpha value is 0.120. The van der Waals surface area contributed by atoms with Gasteiger partial charge in [0.2, 0.25) is 0 Å². The van der Waals surface area contributed by atoms with Crippen LogP contribution in [-0.4, -0.2) is 38.4 Å². The Morgan fingerprint density at radius 1 is 1.24 bits per heavy atom. The maximum absolute atomic E-state index is 11.9. The number of rotatable bonds is 5. The lowest BCUT2D eigenvalue weighted by atomic mass is 10.2. The highest BCUT2D eigenvalue weighted by molar-refractivity contribution is 7.87. The zero-order chi connectivity index (χ0) is 12.0. The van der Waals surface area contributed by atoms with E-state index in [1.807, 2.05) is 6.92 Å². The third-order valence-electron chi connectivity index (χ3n) is 2.79. The van der Waals surface area contributed by atoms with E-state index < -0.39 is 10.2 Å².